The molecule has 4 heteroatoms. The molecule has 23 heavy (non-hydrogen) atoms. The first kappa shape index (κ1) is 18.7. The average Bonchev–Trinajstić information content (AvgIpc) is 2.54. The van der Waals surface area contributed by atoms with Crippen LogP contribution < -0.4 is 5.73 Å². The Morgan fingerprint density at radius 2 is 2.13 bits per heavy atom. The number of ether oxygens (including phenoxy) is 1. The summed E-state index contributed by atoms with van der Waals surface area (Å²) in [7, 11) is 3.16. The molecular weight excluding hydrogens is 288 g/mol. The fourth-order valence-electron chi connectivity index (χ4n) is 2.36. The minimum absolute atomic E-state index is 0.186. The predicted octanol–water partition coefficient (Wildman–Crippen LogP) is 3.27. The number of aliphatic imine (C=N–C) groups is 1. The topological polar surface area (TPSA) is 64.7 Å². The highest BCUT2D eigenvalue weighted by molar-refractivity contribution is 6.08. The summed E-state index contributed by atoms with van der Waals surface area (Å²) in [6, 6.07) is 8.01. The number of esters is 1. The van der Waals surface area contributed by atoms with Gasteiger partial charge in [-0.2, -0.15) is 0 Å². The molecule has 0 amide bonds. The van der Waals surface area contributed by atoms with E-state index in [1.807, 2.05) is 44.2 Å². The summed E-state index contributed by atoms with van der Waals surface area (Å²) in [6.45, 7) is 7.57. The number of hydrogen-bond acceptors (Lipinski definition) is 4. The molecule has 0 bridgehead atoms. The quantitative estimate of drug-likeness (QED) is 0.477. The van der Waals surface area contributed by atoms with Gasteiger partial charge in [0.1, 0.15) is 0 Å². The molecule has 0 aromatic heterocycles. The van der Waals surface area contributed by atoms with Gasteiger partial charge in [-0.1, -0.05) is 31.7 Å². The summed E-state index contributed by atoms with van der Waals surface area (Å²) in [5, 5.41) is 0. The number of methoxy groups -OCH3 is 1. The third-order valence-corrected chi connectivity index (χ3v) is 3.97. The molecule has 0 fully saturated rings. The Kier molecular flexibility index (Phi) is 6.76. The van der Waals surface area contributed by atoms with Gasteiger partial charge in [0, 0.05) is 12.7 Å². The number of nitrogens with two attached hydrogens (primary N) is 1. The van der Waals surface area contributed by atoms with E-state index in [2.05, 4.69) is 11.6 Å². The van der Waals surface area contributed by atoms with Gasteiger partial charge in [-0.05, 0) is 49.1 Å². The van der Waals surface area contributed by atoms with Crippen LogP contribution in [0.15, 0.2) is 53.7 Å². The Bertz CT molecular complexity index is 632. The molecule has 124 valence electrons. The summed E-state index contributed by atoms with van der Waals surface area (Å²) < 4.78 is 4.94. The van der Waals surface area contributed by atoms with Crippen molar-refractivity contribution in [2.45, 2.75) is 26.7 Å². The van der Waals surface area contributed by atoms with E-state index in [0.29, 0.717) is 18.5 Å². The van der Waals surface area contributed by atoms with Gasteiger partial charge in [0.05, 0.1) is 18.2 Å². The van der Waals surface area contributed by atoms with E-state index in [-0.39, 0.29) is 5.97 Å². The van der Waals surface area contributed by atoms with E-state index in [0.717, 1.165) is 16.8 Å². The molecule has 1 rings (SSSR count). The molecule has 0 spiro atoms. The van der Waals surface area contributed by atoms with Crippen molar-refractivity contribution < 1.29 is 9.53 Å². The zero-order valence-electron chi connectivity index (χ0n) is 14.4. The lowest BCUT2D eigenvalue weighted by molar-refractivity contribution is -0.151. The van der Waals surface area contributed by atoms with Crippen molar-refractivity contribution >= 4 is 11.7 Å². The van der Waals surface area contributed by atoms with Crippen LogP contribution in [0, 0.1) is 5.41 Å². The largest absolute Gasteiger partial charge is 0.469 e. The maximum atomic E-state index is 12.0. The number of allylic oxidation sites excluding steroid dienone is 2. The second kappa shape index (κ2) is 8.32. The van der Waals surface area contributed by atoms with Crippen LogP contribution in [0.25, 0.3) is 0 Å². The number of hydrogen-bond donors (Lipinski definition) is 1. The molecule has 0 saturated heterocycles. The Balaban J connectivity index is 3.09. The molecule has 1 unspecified atom stereocenters. The van der Waals surface area contributed by atoms with Gasteiger partial charge in [0.15, 0.2) is 0 Å². The lowest BCUT2D eigenvalue weighted by atomic mass is 9.81. The van der Waals surface area contributed by atoms with Gasteiger partial charge >= 0.3 is 5.97 Å². The maximum Gasteiger partial charge on any atom is 0.311 e. The molecule has 4 nitrogen and oxygen atoms in total. The van der Waals surface area contributed by atoms with Crippen LogP contribution in [0.3, 0.4) is 0 Å². The third kappa shape index (κ3) is 5.09. The number of rotatable bonds is 7. The van der Waals surface area contributed by atoms with E-state index >= 15 is 0 Å². The second-order valence-corrected chi connectivity index (χ2v) is 5.80. The van der Waals surface area contributed by atoms with Gasteiger partial charge in [0.2, 0.25) is 0 Å². The fraction of sp³-hybridized carbons (Fsp3) is 0.368. The van der Waals surface area contributed by atoms with Crippen molar-refractivity contribution in [2.24, 2.45) is 16.1 Å². The molecule has 0 heterocycles. The van der Waals surface area contributed by atoms with Crippen molar-refractivity contribution in [2.75, 3.05) is 14.2 Å². The van der Waals surface area contributed by atoms with Gasteiger partial charge in [-0.15, -0.1) is 0 Å². The summed E-state index contributed by atoms with van der Waals surface area (Å²) in [5.41, 5.74) is 8.37. The molecule has 1 atom stereocenters. The highest BCUT2D eigenvalue weighted by Crippen LogP contribution is 2.28. The monoisotopic (exact) mass is 314 g/mol. The summed E-state index contributed by atoms with van der Waals surface area (Å²) in [4.78, 5) is 16.3. The van der Waals surface area contributed by atoms with E-state index < -0.39 is 5.41 Å². The van der Waals surface area contributed by atoms with E-state index in [1.165, 1.54) is 7.11 Å². The van der Waals surface area contributed by atoms with Crippen LogP contribution in [-0.4, -0.2) is 25.8 Å². The number of carbonyl (C=O) groups excluding carboxylic acids is 1. The van der Waals surface area contributed by atoms with E-state index in [1.54, 1.807) is 13.1 Å². The van der Waals surface area contributed by atoms with Crippen molar-refractivity contribution in [3.63, 3.8) is 0 Å². The number of nitrogens with zero attached hydrogens (tertiary/aromatic N) is 1. The van der Waals surface area contributed by atoms with E-state index in [4.69, 9.17) is 10.5 Å². The van der Waals surface area contributed by atoms with Crippen molar-refractivity contribution in [1.29, 1.82) is 0 Å². The first-order chi connectivity index (χ1) is 10.9. The standard InChI is InChI=1S/C19H26N2O2/c1-6-19(3,18(22)23-5)13-15-8-7-9-16(12-15)17(21-4)11-10-14(2)20/h7-12H,2,6,13,20H2,1,3-5H3/b11-10-,21-17?. The second-order valence-electron chi connectivity index (χ2n) is 5.80. The fourth-order valence-corrected chi connectivity index (χ4v) is 2.36. The molecule has 2 N–H and O–H groups in total. The van der Waals surface area contributed by atoms with Gasteiger partial charge < -0.3 is 10.5 Å². The van der Waals surface area contributed by atoms with Crippen LogP contribution in [0.1, 0.15) is 31.4 Å². The molecule has 0 aliphatic rings. The smallest absolute Gasteiger partial charge is 0.311 e. The van der Waals surface area contributed by atoms with Crippen LogP contribution in [0.4, 0.5) is 0 Å². The lowest BCUT2D eigenvalue weighted by Gasteiger charge is -2.25. The third-order valence-electron chi connectivity index (χ3n) is 3.97. The zero-order valence-corrected chi connectivity index (χ0v) is 14.4. The van der Waals surface area contributed by atoms with Crippen LogP contribution in [-0.2, 0) is 16.0 Å². The lowest BCUT2D eigenvalue weighted by Crippen LogP contribution is -2.30. The van der Waals surface area contributed by atoms with Crippen molar-refractivity contribution in [3.05, 3.63) is 59.8 Å². The Labute approximate surface area is 138 Å². The molecule has 1 aromatic carbocycles. The minimum Gasteiger partial charge on any atom is -0.469 e. The van der Waals surface area contributed by atoms with Crippen LogP contribution >= 0.6 is 0 Å². The van der Waals surface area contributed by atoms with Gasteiger partial charge in [-0.25, -0.2) is 0 Å². The molecule has 0 aliphatic heterocycles. The van der Waals surface area contributed by atoms with Crippen LogP contribution in [0.5, 0.6) is 0 Å². The molecular formula is C19H26N2O2. The molecule has 0 saturated carbocycles. The normalized spacial score (nSPS) is 14.5. The Morgan fingerprint density at radius 1 is 1.43 bits per heavy atom. The molecule has 0 aliphatic carbocycles. The minimum atomic E-state index is -0.529. The van der Waals surface area contributed by atoms with E-state index in [9.17, 15) is 4.79 Å². The van der Waals surface area contributed by atoms with Crippen molar-refractivity contribution in [1.82, 2.24) is 0 Å². The first-order valence-corrected chi connectivity index (χ1v) is 7.63. The average molecular weight is 314 g/mol. The number of carbonyl (C=O) groups is 1. The Hall–Kier alpha value is -2.36. The van der Waals surface area contributed by atoms with Gasteiger partial charge in [0.25, 0.3) is 0 Å². The predicted molar refractivity (Wildman–Crippen MR) is 95.5 cm³/mol. The van der Waals surface area contributed by atoms with Crippen LogP contribution in [0.2, 0.25) is 0 Å². The maximum absolute atomic E-state index is 12.0. The molecule has 0 radical (unpaired) electrons. The summed E-state index contributed by atoms with van der Waals surface area (Å²) in [5.74, 6) is -0.186. The SMILES string of the molecule is C=C(N)/C=C\C(=NC)c1cccc(CC(C)(CC)C(=O)OC)c1. The highest BCUT2D eigenvalue weighted by atomic mass is 16.5. The number of benzene rings is 1. The molecule has 1 aromatic rings. The van der Waals surface area contributed by atoms with Crippen molar-refractivity contribution in [3.8, 4) is 0 Å². The first-order valence-electron chi connectivity index (χ1n) is 7.63. The summed E-state index contributed by atoms with van der Waals surface area (Å²) >= 11 is 0. The van der Waals surface area contributed by atoms with Gasteiger partial charge in [-0.3, -0.25) is 9.79 Å². The summed E-state index contributed by atoms with van der Waals surface area (Å²) in [6.07, 6.45) is 4.89. The zero-order chi connectivity index (χ0) is 17.5. The Morgan fingerprint density at radius 3 is 2.65 bits per heavy atom. The highest BCUT2D eigenvalue weighted by Gasteiger charge is 2.32.